The minimum Gasteiger partial charge on any atom is -0.496 e. The molecule has 0 atom stereocenters. The van der Waals surface area contributed by atoms with E-state index >= 15 is 0 Å². The molecule has 82 valence electrons. The van der Waals surface area contributed by atoms with Crippen LogP contribution in [0.4, 0.5) is 5.69 Å². The van der Waals surface area contributed by atoms with Gasteiger partial charge in [-0.25, -0.2) is 0 Å². The van der Waals surface area contributed by atoms with Gasteiger partial charge in [0.15, 0.2) is 0 Å². The second kappa shape index (κ2) is 4.56. The van der Waals surface area contributed by atoms with Crippen LogP contribution < -0.4 is 10.1 Å². The highest BCUT2D eigenvalue weighted by molar-refractivity contribution is 5.50. The fraction of sp³-hybridized carbons (Fsp3) is 0.538. The third-order valence-corrected chi connectivity index (χ3v) is 2.97. The lowest BCUT2D eigenvalue weighted by Gasteiger charge is -2.09. The third-order valence-electron chi connectivity index (χ3n) is 2.97. The zero-order valence-corrected chi connectivity index (χ0v) is 9.55. The molecule has 2 heteroatoms. The second-order valence-corrected chi connectivity index (χ2v) is 4.34. The van der Waals surface area contributed by atoms with Crippen LogP contribution >= 0.6 is 0 Å². The first-order chi connectivity index (χ1) is 7.29. The van der Waals surface area contributed by atoms with Crippen molar-refractivity contribution in [2.45, 2.75) is 26.2 Å². The average Bonchev–Trinajstić information content (AvgIpc) is 3.02. The van der Waals surface area contributed by atoms with Gasteiger partial charge in [-0.05, 0) is 43.0 Å². The summed E-state index contributed by atoms with van der Waals surface area (Å²) in [5, 5.41) is 3.45. The van der Waals surface area contributed by atoms with E-state index in [9.17, 15) is 0 Å². The lowest BCUT2D eigenvalue weighted by atomic mass is 10.2. The minimum absolute atomic E-state index is 0.961. The lowest BCUT2D eigenvalue weighted by Crippen LogP contribution is -2.02. The van der Waals surface area contributed by atoms with Crippen molar-refractivity contribution in [1.82, 2.24) is 0 Å². The summed E-state index contributed by atoms with van der Waals surface area (Å²) in [5.41, 5.74) is 2.39. The molecule has 0 heterocycles. The van der Waals surface area contributed by atoms with Crippen LogP contribution in [-0.4, -0.2) is 13.7 Å². The Kier molecular flexibility index (Phi) is 3.14. The topological polar surface area (TPSA) is 21.3 Å². The highest BCUT2D eigenvalue weighted by atomic mass is 16.5. The molecule has 0 amide bonds. The highest BCUT2D eigenvalue weighted by Crippen LogP contribution is 2.32. The van der Waals surface area contributed by atoms with Crippen molar-refractivity contribution in [3.05, 3.63) is 23.8 Å². The summed E-state index contributed by atoms with van der Waals surface area (Å²) >= 11 is 0. The van der Waals surface area contributed by atoms with Gasteiger partial charge >= 0.3 is 0 Å². The van der Waals surface area contributed by atoms with Gasteiger partial charge in [0.25, 0.3) is 0 Å². The molecular formula is C13H19NO. The van der Waals surface area contributed by atoms with Crippen LogP contribution in [0.25, 0.3) is 0 Å². The molecule has 0 spiro atoms. The molecule has 2 nitrogen and oxygen atoms in total. The molecule has 0 unspecified atom stereocenters. The van der Waals surface area contributed by atoms with E-state index in [1.165, 1.54) is 30.5 Å². The van der Waals surface area contributed by atoms with E-state index in [0.717, 1.165) is 18.2 Å². The maximum absolute atomic E-state index is 5.22. The van der Waals surface area contributed by atoms with Crippen LogP contribution in [0.2, 0.25) is 0 Å². The number of hydrogen-bond acceptors (Lipinski definition) is 2. The molecule has 1 aromatic rings. The maximum Gasteiger partial charge on any atom is 0.121 e. The van der Waals surface area contributed by atoms with Gasteiger partial charge < -0.3 is 10.1 Å². The molecule has 0 aromatic heterocycles. The summed E-state index contributed by atoms with van der Waals surface area (Å²) in [7, 11) is 1.71. The van der Waals surface area contributed by atoms with Crippen molar-refractivity contribution in [2.24, 2.45) is 5.92 Å². The predicted octanol–water partition coefficient (Wildman–Crippen LogP) is 3.22. The smallest absolute Gasteiger partial charge is 0.121 e. The molecule has 1 saturated carbocycles. The van der Waals surface area contributed by atoms with E-state index in [2.05, 4.69) is 24.4 Å². The van der Waals surface area contributed by atoms with Crippen LogP contribution in [-0.2, 0) is 0 Å². The summed E-state index contributed by atoms with van der Waals surface area (Å²) in [4.78, 5) is 0. The average molecular weight is 205 g/mol. The van der Waals surface area contributed by atoms with E-state index in [1.54, 1.807) is 7.11 Å². The van der Waals surface area contributed by atoms with Crippen molar-refractivity contribution < 1.29 is 4.74 Å². The van der Waals surface area contributed by atoms with Crippen molar-refractivity contribution in [2.75, 3.05) is 19.0 Å². The number of anilines is 1. The van der Waals surface area contributed by atoms with Gasteiger partial charge in [0.1, 0.15) is 5.75 Å². The first kappa shape index (κ1) is 10.3. The Morgan fingerprint density at radius 1 is 1.40 bits per heavy atom. The lowest BCUT2D eigenvalue weighted by molar-refractivity contribution is 0.412. The standard InChI is InChI=1S/C13H19NO/c1-10-9-12(5-6-13(10)15-2)14-8-7-11-3-4-11/h5-6,9,11,14H,3-4,7-8H2,1-2H3. The van der Waals surface area contributed by atoms with Crippen molar-refractivity contribution >= 4 is 5.69 Å². The number of aryl methyl sites for hydroxylation is 1. The van der Waals surface area contributed by atoms with Crippen LogP contribution in [0.5, 0.6) is 5.75 Å². The van der Waals surface area contributed by atoms with E-state index in [0.29, 0.717) is 0 Å². The summed E-state index contributed by atoms with van der Waals surface area (Å²) in [6.45, 7) is 3.17. The summed E-state index contributed by atoms with van der Waals surface area (Å²) in [6.07, 6.45) is 4.18. The van der Waals surface area contributed by atoms with Gasteiger partial charge in [-0.3, -0.25) is 0 Å². The fourth-order valence-corrected chi connectivity index (χ4v) is 1.82. The molecule has 0 radical (unpaired) electrons. The number of methoxy groups -OCH3 is 1. The van der Waals surface area contributed by atoms with Gasteiger partial charge in [-0.1, -0.05) is 12.8 Å². The van der Waals surface area contributed by atoms with E-state index in [-0.39, 0.29) is 0 Å². The molecule has 0 saturated heterocycles. The van der Waals surface area contributed by atoms with Gasteiger partial charge in [0, 0.05) is 12.2 Å². The number of hydrogen-bond donors (Lipinski definition) is 1. The van der Waals surface area contributed by atoms with Crippen molar-refractivity contribution in [3.8, 4) is 5.75 Å². The van der Waals surface area contributed by atoms with E-state index in [4.69, 9.17) is 4.74 Å². The van der Waals surface area contributed by atoms with E-state index in [1.807, 2.05) is 6.07 Å². The molecular weight excluding hydrogens is 186 g/mol. The normalized spacial score (nSPS) is 15.1. The summed E-state index contributed by atoms with van der Waals surface area (Å²) in [6, 6.07) is 6.25. The van der Waals surface area contributed by atoms with Gasteiger partial charge in [-0.2, -0.15) is 0 Å². The van der Waals surface area contributed by atoms with Crippen molar-refractivity contribution in [1.29, 1.82) is 0 Å². The number of benzene rings is 1. The van der Waals surface area contributed by atoms with Crippen LogP contribution in [0.3, 0.4) is 0 Å². The first-order valence-corrected chi connectivity index (χ1v) is 5.68. The Hall–Kier alpha value is -1.18. The Balaban J connectivity index is 1.87. The number of nitrogens with one attached hydrogen (secondary N) is 1. The molecule has 2 rings (SSSR count). The number of rotatable bonds is 5. The molecule has 1 N–H and O–H groups in total. The monoisotopic (exact) mass is 205 g/mol. The molecule has 1 aliphatic carbocycles. The largest absolute Gasteiger partial charge is 0.496 e. The minimum atomic E-state index is 0.961. The van der Waals surface area contributed by atoms with Gasteiger partial charge in [0.05, 0.1) is 7.11 Å². The third kappa shape index (κ3) is 2.88. The van der Waals surface area contributed by atoms with Gasteiger partial charge in [0.2, 0.25) is 0 Å². The molecule has 15 heavy (non-hydrogen) atoms. The first-order valence-electron chi connectivity index (χ1n) is 5.68. The van der Waals surface area contributed by atoms with Crippen LogP contribution in [0, 0.1) is 12.8 Å². The number of ether oxygens (including phenoxy) is 1. The van der Waals surface area contributed by atoms with Crippen LogP contribution in [0.15, 0.2) is 18.2 Å². The zero-order valence-electron chi connectivity index (χ0n) is 9.55. The van der Waals surface area contributed by atoms with Crippen LogP contribution in [0.1, 0.15) is 24.8 Å². The Labute approximate surface area is 91.6 Å². The Bertz CT molecular complexity index is 331. The van der Waals surface area contributed by atoms with Crippen molar-refractivity contribution in [3.63, 3.8) is 0 Å². The molecule has 1 aromatic carbocycles. The second-order valence-electron chi connectivity index (χ2n) is 4.34. The Morgan fingerprint density at radius 2 is 2.20 bits per heavy atom. The molecule has 1 fully saturated rings. The molecule has 0 aliphatic heterocycles. The predicted molar refractivity (Wildman–Crippen MR) is 63.6 cm³/mol. The van der Waals surface area contributed by atoms with Gasteiger partial charge in [-0.15, -0.1) is 0 Å². The molecule has 1 aliphatic rings. The molecule has 0 bridgehead atoms. The van der Waals surface area contributed by atoms with E-state index < -0.39 is 0 Å². The SMILES string of the molecule is COc1ccc(NCCC2CC2)cc1C. The maximum atomic E-state index is 5.22. The quantitative estimate of drug-likeness (QED) is 0.797. The summed E-state index contributed by atoms with van der Waals surface area (Å²) in [5.74, 6) is 1.96. The zero-order chi connectivity index (χ0) is 10.7. The highest BCUT2D eigenvalue weighted by Gasteiger charge is 2.20. The fourth-order valence-electron chi connectivity index (χ4n) is 1.82. The summed E-state index contributed by atoms with van der Waals surface area (Å²) < 4.78 is 5.22. The Morgan fingerprint density at radius 3 is 2.80 bits per heavy atom.